The number of halogens is 1. The number of nitrogens with one attached hydrogen (secondary N) is 2. The Morgan fingerprint density at radius 1 is 1.08 bits per heavy atom. The summed E-state index contributed by atoms with van der Waals surface area (Å²) in [5.74, 6) is 1.45. The van der Waals surface area contributed by atoms with E-state index >= 15 is 0 Å². The zero-order valence-electron chi connectivity index (χ0n) is 20.2. The molecule has 0 radical (unpaired) electrons. The van der Waals surface area contributed by atoms with Gasteiger partial charge in [-0.25, -0.2) is 19.6 Å². The van der Waals surface area contributed by atoms with Gasteiger partial charge in [0.2, 0.25) is 5.91 Å². The fourth-order valence-electron chi connectivity index (χ4n) is 4.86. The highest BCUT2D eigenvalue weighted by atomic mass is 35.5. The second-order valence-electron chi connectivity index (χ2n) is 9.77. The zero-order chi connectivity index (χ0) is 25.6. The number of carbonyl (C=O) groups is 1. The van der Waals surface area contributed by atoms with Crippen molar-refractivity contribution in [3.05, 3.63) is 83.3 Å². The number of nitrogens with zero attached hydrogens (tertiary/aromatic N) is 8. The third-order valence-corrected chi connectivity index (χ3v) is 7.29. The predicted molar refractivity (Wildman–Crippen MR) is 140 cm³/mol. The highest BCUT2D eigenvalue weighted by molar-refractivity contribution is 6.30. The van der Waals surface area contributed by atoms with Crippen molar-refractivity contribution in [2.24, 2.45) is 5.92 Å². The first kappa shape index (κ1) is 22.8. The lowest BCUT2D eigenvalue weighted by Crippen LogP contribution is -2.16. The number of aromatic nitrogens is 8. The molecule has 0 unspecified atom stereocenters. The molecule has 2 aliphatic carbocycles. The first-order valence-corrected chi connectivity index (χ1v) is 12.9. The molecule has 5 aromatic rings. The van der Waals surface area contributed by atoms with Crippen LogP contribution in [0.3, 0.4) is 0 Å². The molecule has 1 aromatic carbocycles. The van der Waals surface area contributed by atoms with Crippen LogP contribution in [0.1, 0.15) is 47.9 Å². The van der Waals surface area contributed by atoms with Crippen LogP contribution < -0.4 is 10.6 Å². The van der Waals surface area contributed by atoms with Crippen molar-refractivity contribution in [1.29, 1.82) is 0 Å². The van der Waals surface area contributed by atoms with Crippen LogP contribution >= 0.6 is 11.6 Å². The molecule has 38 heavy (non-hydrogen) atoms. The number of imidazole rings is 1. The van der Waals surface area contributed by atoms with E-state index in [9.17, 15) is 4.79 Å². The van der Waals surface area contributed by atoms with Gasteiger partial charge >= 0.3 is 0 Å². The average molecular weight is 527 g/mol. The summed E-state index contributed by atoms with van der Waals surface area (Å²) in [5.41, 5.74) is 4.94. The minimum Gasteiger partial charge on any atom is -0.364 e. The monoisotopic (exact) mass is 526 g/mol. The Morgan fingerprint density at radius 3 is 2.82 bits per heavy atom. The Hall–Kier alpha value is -4.38. The van der Waals surface area contributed by atoms with E-state index in [0.717, 1.165) is 22.6 Å². The van der Waals surface area contributed by atoms with Gasteiger partial charge in [-0.2, -0.15) is 0 Å². The van der Waals surface area contributed by atoms with Crippen LogP contribution in [0.15, 0.2) is 61.4 Å². The van der Waals surface area contributed by atoms with E-state index in [-0.39, 0.29) is 17.7 Å². The number of benzene rings is 1. The Bertz CT molecular complexity index is 1650. The molecule has 2 fully saturated rings. The summed E-state index contributed by atoms with van der Waals surface area (Å²) in [7, 11) is 0. The van der Waals surface area contributed by atoms with Gasteiger partial charge in [0.05, 0.1) is 17.9 Å². The third-order valence-electron chi connectivity index (χ3n) is 7.05. The van der Waals surface area contributed by atoms with Crippen molar-refractivity contribution >= 4 is 34.8 Å². The van der Waals surface area contributed by atoms with Crippen molar-refractivity contribution in [3.8, 4) is 5.69 Å². The molecule has 0 aliphatic heterocycles. The number of carbonyl (C=O) groups excluding carboxylic acids is 1. The SMILES string of the molecule is O=C(Nc1cc(NCc2cn3cc(C4CC4)ccc3n2)ncn1)[C@H]1C[C@@H]1c1cc(Cl)ccc1-n1cnnn1. The summed E-state index contributed by atoms with van der Waals surface area (Å²) in [5, 5.41) is 18.2. The van der Waals surface area contributed by atoms with Gasteiger partial charge in [-0.15, -0.1) is 5.10 Å². The van der Waals surface area contributed by atoms with Crippen molar-refractivity contribution in [2.75, 3.05) is 10.6 Å². The summed E-state index contributed by atoms with van der Waals surface area (Å²) in [6, 6.07) is 11.5. The minimum absolute atomic E-state index is 0.0165. The number of hydrogen-bond acceptors (Lipinski definition) is 8. The van der Waals surface area contributed by atoms with E-state index < -0.39 is 0 Å². The minimum atomic E-state index is -0.200. The van der Waals surface area contributed by atoms with Crippen molar-refractivity contribution in [2.45, 2.75) is 37.6 Å². The number of amides is 1. The molecule has 2 saturated carbocycles. The summed E-state index contributed by atoms with van der Waals surface area (Å²) in [6.07, 6.45) is 10.4. The molecule has 0 bridgehead atoms. The van der Waals surface area contributed by atoms with Crippen LogP contribution in [-0.2, 0) is 11.3 Å². The largest absolute Gasteiger partial charge is 0.364 e. The Labute approximate surface area is 222 Å². The summed E-state index contributed by atoms with van der Waals surface area (Å²) in [4.78, 5) is 26.2. The standard InChI is InChI=1S/C26H23ClN10O/c27-17-4-5-22(37-14-31-34-35-37)20(7-17)19-8-21(19)26(38)33-24-9-23(29-13-30-24)28-10-18-12-36-11-16(15-1-2-15)3-6-25(36)32-18/h3-7,9,11-15,19,21H,1-2,8,10H2,(H2,28,29,30,33,38)/t19-,21+/m1/s1. The van der Waals surface area contributed by atoms with Crippen LogP contribution in [-0.4, -0.2) is 45.5 Å². The number of hydrogen-bond donors (Lipinski definition) is 2. The van der Waals surface area contributed by atoms with E-state index in [1.54, 1.807) is 16.8 Å². The first-order valence-electron chi connectivity index (χ1n) is 12.5. The molecular weight excluding hydrogens is 504 g/mol. The van der Waals surface area contributed by atoms with Gasteiger partial charge in [-0.3, -0.25) is 4.79 Å². The first-order chi connectivity index (χ1) is 18.6. The predicted octanol–water partition coefficient (Wildman–Crippen LogP) is 3.99. The van der Waals surface area contributed by atoms with E-state index in [0.29, 0.717) is 35.5 Å². The molecule has 2 N–H and O–H groups in total. The average Bonchev–Trinajstić information content (AvgIpc) is 3.83. The highest BCUT2D eigenvalue weighted by Crippen LogP contribution is 2.50. The van der Waals surface area contributed by atoms with Gasteiger partial charge in [0.1, 0.15) is 29.9 Å². The van der Waals surface area contributed by atoms with Gasteiger partial charge in [-0.1, -0.05) is 17.7 Å². The number of pyridine rings is 1. The maximum atomic E-state index is 13.0. The normalized spacial score (nSPS) is 18.4. The maximum Gasteiger partial charge on any atom is 0.229 e. The lowest BCUT2D eigenvalue weighted by Gasteiger charge is -2.10. The highest BCUT2D eigenvalue weighted by Gasteiger charge is 2.45. The molecule has 2 atom stereocenters. The summed E-state index contributed by atoms with van der Waals surface area (Å²) >= 11 is 6.25. The van der Waals surface area contributed by atoms with Gasteiger partial charge < -0.3 is 15.0 Å². The van der Waals surface area contributed by atoms with Crippen molar-refractivity contribution in [1.82, 2.24) is 39.6 Å². The second-order valence-corrected chi connectivity index (χ2v) is 10.2. The van der Waals surface area contributed by atoms with Crippen LogP contribution in [0.5, 0.6) is 0 Å². The summed E-state index contributed by atoms with van der Waals surface area (Å²) < 4.78 is 3.66. The van der Waals surface area contributed by atoms with E-state index in [4.69, 9.17) is 11.6 Å². The zero-order valence-corrected chi connectivity index (χ0v) is 21.0. The Balaban J connectivity index is 1.00. The Kier molecular flexibility index (Phi) is 5.50. The van der Waals surface area contributed by atoms with Crippen LogP contribution in [0.4, 0.5) is 11.6 Å². The van der Waals surface area contributed by atoms with E-state index in [1.165, 1.54) is 31.1 Å². The van der Waals surface area contributed by atoms with Crippen molar-refractivity contribution < 1.29 is 4.79 Å². The fraction of sp³-hybridized carbons (Fsp3) is 0.269. The van der Waals surface area contributed by atoms with Gasteiger partial charge in [0.15, 0.2) is 0 Å². The second kappa shape index (κ2) is 9.18. The van der Waals surface area contributed by atoms with Crippen LogP contribution in [0, 0.1) is 5.92 Å². The van der Waals surface area contributed by atoms with Crippen LogP contribution in [0.2, 0.25) is 5.02 Å². The fourth-order valence-corrected chi connectivity index (χ4v) is 5.04. The topological polar surface area (TPSA) is 128 Å². The molecule has 4 aromatic heterocycles. The smallest absolute Gasteiger partial charge is 0.229 e. The number of tetrazole rings is 1. The molecule has 190 valence electrons. The van der Waals surface area contributed by atoms with E-state index in [1.807, 2.05) is 18.3 Å². The van der Waals surface area contributed by atoms with E-state index in [2.05, 4.69) is 63.8 Å². The maximum absolute atomic E-state index is 13.0. The van der Waals surface area contributed by atoms with Crippen LogP contribution in [0.25, 0.3) is 11.3 Å². The Morgan fingerprint density at radius 2 is 1.97 bits per heavy atom. The molecule has 0 saturated heterocycles. The number of anilines is 2. The molecular formula is C26H23ClN10O. The molecule has 4 heterocycles. The molecule has 11 nitrogen and oxygen atoms in total. The van der Waals surface area contributed by atoms with Gasteiger partial charge in [0, 0.05) is 29.4 Å². The lowest BCUT2D eigenvalue weighted by molar-refractivity contribution is -0.117. The third kappa shape index (κ3) is 4.56. The quantitative estimate of drug-likeness (QED) is 0.311. The van der Waals surface area contributed by atoms with Gasteiger partial charge in [-0.05, 0) is 76.9 Å². The lowest BCUT2D eigenvalue weighted by atomic mass is 10.1. The molecule has 1 amide bonds. The molecule has 2 aliphatic rings. The van der Waals surface area contributed by atoms with Gasteiger partial charge in [0.25, 0.3) is 0 Å². The summed E-state index contributed by atoms with van der Waals surface area (Å²) in [6.45, 7) is 0.504. The number of fused-ring (bicyclic) bond motifs is 1. The molecule has 7 rings (SSSR count). The van der Waals surface area contributed by atoms with Crippen molar-refractivity contribution in [3.63, 3.8) is 0 Å². The number of rotatable bonds is 8. The molecule has 12 heteroatoms. The molecule has 0 spiro atoms.